The highest BCUT2D eigenvalue weighted by Gasteiger charge is 2.14. The highest BCUT2D eigenvalue weighted by atomic mass is 35.5. The zero-order chi connectivity index (χ0) is 6.85. The summed E-state index contributed by atoms with van der Waals surface area (Å²) in [4.78, 5) is 10.7. The standard InChI is InChI=1S/C5H7ClN2O/c1-8-5(9)3-2-4(6)7-8/h2-3H2,1H3. The Morgan fingerprint density at radius 2 is 2.33 bits per heavy atom. The summed E-state index contributed by atoms with van der Waals surface area (Å²) >= 11 is 5.53. The molecule has 1 heterocycles. The van der Waals surface area contributed by atoms with Crippen LogP contribution in [-0.2, 0) is 4.79 Å². The van der Waals surface area contributed by atoms with Crippen molar-refractivity contribution in [1.29, 1.82) is 0 Å². The Kier molecular flexibility index (Phi) is 1.71. The molecule has 0 aliphatic carbocycles. The molecule has 1 aliphatic heterocycles. The molecule has 1 rings (SSSR count). The highest BCUT2D eigenvalue weighted by molar-refractivity contribution is 6.65. The average molecular weight is 147 g/mol. The molecule has 1 aliphatic rings. The molecule has 0 aromatic heterocycles. The van der Waals surface area contributed by atoms with Gasteiger partial charge in [-0.3, -0.25) is 4.79 Å². The van der Waals surface area contributed by atoms with Crippen molar-refractivity contribution in [3.8, 4) is 0 Å². The Balaban J connectivity index is 2.69. The van der Waals surface area contributed by atoms with E-state index in [1.54, 1.807) is 7.05 Å². The topological polar surface area (TPSA) is 32.7 Å². The minimum atomic E-state index is 0.0272. The lowest BCUT2D eigenvalue weighted by molar-refractivity contribution is -0.130. The molecule has 50 valence electrons. The van der Waals surface area contributed by atoms with Crippen LogP contribution < -0.4 is 0 Å². The maximum Gasteiger partial charge on any atom is 0.242 e. The van der Waals surface area contributed by atoms with Gasteiger partial charge in [-0.1, -0.05) is 11.6 Å². The van der Waals surface area contributed by atoms with Crippen LogP contribution in [-0.4, -0.2) is 23.1 Å². The van der Waals surface area contributed by atoms with Gasteiger partial charge in [-0.2, -0.15) is 5.10 Å². The van der Waals surface area contributed by atoms with Gasteiger partial charge >= 0.3 is 0 Å². The number of rotatable bonds is 0. The Morgan fingerprint density at radius 1 is 1.67 bits per heavy atom. The van der Waals surface area contributed by atoms with Crippen molar-refractivity contribution in [3.63, 3.8) is 0 Å². The second-order valence-electron chi connectivity index (χ2n) is 1.89. The van der Waals surface area contributed by atoms with Crippen molar-refractivity contribution >= 4 is 22.7 Å². The van der Waals surface area contributed by atoms with Gasteiger partial charge in [0.05, 0.1) is 0 Å². The molecule has 0 radical (unpaired) electrons. The number of hydrogen-bond donors (Lipinski definition) is 0. The Labute approximate surface area is 58.3 Å². The van der Waals surface area contributed by atoms with E-state index < -0.39 is 0 Å². The van der Waals surface area contributed by atoms with E-state index in [1.807, 2.05) is 0 Å². The summed E-state index contributed by atoms with van der Waals surface area (Å²) in [5, 5.41) is 5.51. The Bertz CT molecular complexity index is 166. The van der Waals surface area contributed by atoms with Crippen molar-refractivity contribution in [1.82, 2.24) is 5.01 Å². The number of amides is 1. The van der Waals surface area contributed by atoms with Gasteiger partial charge in [0.1, 0.15) is 5.17 Å². The first-order valence-corrected chi connectivity index (χ1v) is 3.07. The van der Waals surface area contributed by atoms with Gasteiger partial charge in [0.25, 0.3) is 0 Å². The number of halogens is 1. The van der Waals surface area contributed by atoms with Crippen molar-refractivity contribution in [2.75, 3.05) is 7.05 Å². The molecule has 0 saturated heterocycles. The molecule has 1 amide bonds. The summed E-state index contributed by atoms with van der Waals surface area (Å²) in [6.07, 6.45) is 1.07. The quantitative estimate of drug-likeness (QED) is 0.498. The van der Waals surface area contributed by atoms with Crippen molar-refractivity contribution in [2.24, 2.45) is 5.10 Å². The molecule has 3 nitrogen and oxygen atoms in total. The lowest BCUT2D eigenvalue weighted by atomic mass is 10.3. The second-order valence-corrected chi connectivity index (χ2v) is 2.33. The molecular formula is C5H7ClN2O. The van der Waals surface area contributed by atoms with Crippen LogP contribution in [0.25, 0.3) is 0 Å². The number of carbonyl (C=O) groups excluding carboxylic acids is 1. The van der Waals surface area contributed by atoms with E-state index in [-0.39, 0.29) is 5.91 Å². The van der Waals surface area contributed by atoms with E-state index in [1.165, 1.54) is 5.01 Å². The van der Waals surface area contributed by atoms with Gasteiger partial charge in [-0.25, -0.2) is 5.01 Å². The molecule has 0 aromatic carbocycles. The van der Waals surface area contributed by atoms with Crippen LogP contribution in [0.2, 0.25) is 0 Å². The fourth-order valence-corrected chi connectivity index (χ4v) is 0.848. The van der Waals surface area contributed by atoms with Crippen LogP contribution >= 0.6 is 11.6 Å². The van der Waals surface area contributed by atoms with Crippen LogP contribution in [0.5, 0.6) is 0 Å². The number of hydrazone groups is 1. The van der Waals surface area contributed by atoms with E-state index in [9.17, 15) is 4.79 Å². The van der Waals surface area contributed by atoms with E-state index >= 15 is 0 Å². The van der Waals surface area contributed by atoms with Crippen LogP contribution in [0, 0.1) is 0 Å². The number of carbonyl (C=O) groups is 1. The summed E-state index contributed by atoms with van der Waals surface area (Å²) in [7, 11) is 1.60. The lowest BCUT2D eigenvalue weighted by Gasteiger charge is -2.15. The van der Waals surface area contributed by atoms with Crippen LogP contribution in [0.3, 0.4) is 0 Å². The first-order valence-electron chi connectivity index (χ1n) is 2.69. The van der Waals surface area contributed by atoms with E-state index in [2.05, 4.69) is 5.10 Å². The van der Waals surface area contributed by atoms with E-state index in [4.69, 9.17) is 11.6 Å². The zero-order valence-electron chi connectivity index (χ0n) is 5.09. The van der Waals surface area contributed by atoms with Gasteiger partial charge in [0.2, 0.25) is 5.91 Å². The maximum absolute atomic E-state index is 10.7. The molecule has 0 spiro atoms. The molecule has 9 heavy (non-hydrogen) atoms. The number of nitrogens with zero attached hydrogens (tertiary/aromatic N) is 2. The minimum absolute atomic E-state index is 0.0272. The fraction of sp³-hybridized carbons (Fsp3) is 0.600. The third kappa shape index (κ3) is 1.42. The molecule has 0 N–H and O–H groups in total. The number of hydrogen-bond acceptors (Lipinski definition) is 2. The van der Waals surface area contributed by atoms with Crippen LogP contribution in [0.1, 0.15) is 12.8 Å². The third-order valence-electron chi connectivity index (χ3n) is 1.16. The Hall–Kier alpha value is -0.570. The van der Waals surface area contributed by atoms with Crippen LogP contribution in [0.15, 0.2) is 5.10 Å². The predicted octanol–water partition coefficient (Wildman–Crippen LogP) is 0.791. The normalized spacial score (nSPS) is 20.0. The first kappa shape index (κ1) is 6.55. The van der Waals surface area contributed by atoms with Gasteiger partial charge in [0.15, 0.2) is 0 Å². The largest absolute Gasteiger partial charge is 0.273 e. The summed E-state index contributed by atoms with van der Waals surface area (Å²) in [6.45, 7) is 0. The maximum atomic E-state index is 10.7. The minimum Gasteiger partial charge on any atom is -0.273 e. The summed E-state index contributed by atoms with van der Waals surface area (Å²) in [6, 6.07) is 0. The smallest absolute Gasteiger partial charge is 0.242 e. The zero-order valence-corrected chi connectivity index (χ0v) is 5.85. The summed E-state index contributed by atoms with van der Waals surface area (Å²) in [5.74, 6) is 0.0272. The lowest BCUT2D eigenvalue weighted by Crippen LogP contribution is -2.26. The van der Waals surface area contributed by atoms with Gasteiger partial charge < -0.3 is 0 Å². The molecular weight excluding hydrogens is 140 g/mol. The van der Waals surface area contributed by atoms with Gasteiger partial charge in [-0.05, 0) is 0 Å². The summed E-state index contributed by atoms with van der Waals surface area (Å²) < 4.78 is 0. The molecule has 0 fully saturated rings. The van der Waals surface area contributed by atoms with Gasteiger partial charge in [0, 0.05) is 19.9 Å². The highest BCUT2D eigenvalue weighted by Crippen LogP contribution is 2.08. The van der Waals surface area contributed by atoms with E-state index in [0.29, 0.717) is 18.0 Å². The van der Waals surface area contributed by atoms with Crippen molar-refractivity contribution in [3.05, 3.63) is 0 Å². The molecule has 0 aromatic rings. The molecule has 0 bridgehead atoms. The van der Waals surface area contributed by atoms with E-state index in [0.717, 1.165) is 0 Å². The van der Waals surface area contributed by atoms with Crippen molar-refractivity contribution in [2.45, 2.75) is 12.8 Å². The van der Waals surface area contributed by atoms with Crippen molar-refractivity contribution < 1.29 is 4.79 Å². The molecule has 4 heteroatoms. The van der Waals surface area contributed by atoms with Gasteiger partial charge in [-0.15, -0.1) is 0 Å². The second kappa shape index (κ2) is 2.35. The SMILES string of the molecule is CN1N=C(Cl)CCC1=O. The monoisotopic (exact) mass is 146 g/mol. The fourth-order valence-electron chi connectivity index (χ4n) is 0.640. The average Bonchev–Trinajstić information content (AvgIpc) is 1.80. The predicted molar refractivity (Wildman–Crippen MR) is 35.3 cm³/mol. The van der Waals surface area contributed by atoms with Crippen LogP contribution in [0.4, 0.5) is 0 Å². The molecule has 0 atom stereocenters. The summed E-state index contributed by atoms with van der Waals surface area (Å²) in [5.41, 5.74) is 0. The Morgan fingerprint density at radius 3 is 2.78 bits per heavy atom. The third-order valence-corrected chi connectivity index (χ3v) is 1.43. The molecule has 0 saturated carbocycles. The first-order chi connectivity index (χ1) is 4.20. The molecule has 0 unspecified atom stereocenters.